The normalized spacial score (nSPS) is 16.6. The molecule has 0 saturated carbocycles. The Kier molecular flexibility index (Phi) is 6.35. The van der Waals surface area contributed by atoms with Crippen molar-refractivity contribution in [1.82, 2.24) is 10.2 Å². The Balaban J connectivity index is 1.63. The molecule has 3 rings (SSSR count). The molecule has 0 spiro atoms. The van der Waals surface area contributed by atoms with Crippen molar-refractivity contribution < 1.29 is 13.9 Å². The summed E-state index contributed by atoms with van der Waals surface area (Å²) >= 11 is 6.19. The van der Waals surface area contributed by atoms with Crippen molar-refractivity contribution in [1.29, 1.82) is 0 Å². The summed E-state index contributed by atoms with van der Waals surface area (Å²) in [6.45, 7) is 8.22. The van der Waals surface area contributed by atoms with Crippen molar-refractivity contribution in [3.05, 3.63) is 47.2 Å². The van der Waals surface area contributed by atoms with E-state index in [1.165, 1.54) is 0 Å². The monoisotopic (exact) mass is 376 g/mol. The highest BCUT2D eigenvalue weighted by Gasteiger charge is 2.25. The Hall–Kier alpha value is -1.82. The summed E-state index contributed by atoms with van der Waals surface area (Å²) in [6, 6.07) is 11.2. The highest BCUT2D eigenvalue weighted by molar-refractivity contribution is 6.33. The molecule has 0 bridgehead atoms. The van der Waals surface area contributed by atoms with Gasteiger partial charge in [0.2, 0.25) is 0 Å². The van der Waals surface area contributed by atoms with Gasteiger partial charge in [-0.1, -0.05) is 37.6 Å². The number of rotatable bonds is 6. The minimum absolute atomic E-state index is 0.206. The zero-order valence-corrected chi connectivity index (χ0v) is 16.0. The predicted molar refractivity (Wildman–Crippen MR) is 103 cm³/mol. The standard InChI is InChI=1S/C20H25ClN2O3/c1-14(2)17(23-9-11-25-12-10-23)13-22-20(24)19-8-7-18(26-19)15-5-3-4-6-16(15)21/h3-8,14,17H,9-13H2,1-2H3,(H,22,24)/t17-/m1/s1. The Morgan fingerprint density at radius 2 is 1.92 bits per heavy atom. The Morgan fingerprint density at radius 3 is 2.62 bits per heavy atom. The summed E-state index contributed by atoms with van der Waals surface area (Å²) in [7, 11) is 0. The topological polar surface area (TPSA) is 54.7 Å². The number of nitrogens with one attached hydrogen (secondary N) is 1. The maximum absolute atomic E-state index is 12.5. The van der Waals surface area contributed by atoms with Crippen LogP contribution in [0.1, 0.15) is 24.4 Å². The van der Waals surface area contributed by atoms with Crippen molar-refractivity contribution in [3.8, 4) is 11.3 Å². The molecule has 0 aliphatic carbocycles. The van der Waals surface area contributed by atoms with Crippen LogP contribution in [0.25, 0.3) is 11.3 Å². The van der Waals surface area contributed by atoms with Crippen molar-refractivity contribution in [2.24, 2.45) is 5.92 Å². The molecule has 1 atom stereocenters. The summed E-state index contributed by atoms with van der Waals surface area (Å²) in [4.78, 5) is 14.9. The van der Waals surface area contributed by atoms with Crippen LogP contribution in [0.4, 0.5) is 0 Å². The van der Waals surface area contributed by atoms with Crippen molar-refractivity contribution in [3.63, 3.8) is 0 Å². The summed E-state index contributed by atoms with van der Waals surface area (Å²) in [5.41, 5.74) is 0.779. The van der Waals surface area contributed by atoms with E-state index >= 15 is 0 Å². The lowest BCUT2D eigenvalue weighted by atomic mass is 10.0. The first kappa shape index (κ1) is 19.0. The van der Waals surface area contributed by atoms with Crippen LogP contribution in [-0.4, -0.2) is 49.7 Å². The van der Waals surface area contributed by atoms with E-state index < -0.39 is 0 Å². The van der Waals surface area contributed by atoms with E-state index in [0.29, 0.717) is 29.0 Å². The number of benzene rings is 1. The summed E-state index contributed by atoms with van der Waals surface area (Å²) < 4.78 is 11.1. The predicted octanol–water partition coefficient (Wildman–Crippen LogP) is 3.69. The third-order valence-electron chi connectivity index (χ3n) is 4.73. The van der Waals surface area contributed by atoms with E-state index in [1.807, 2.05) is 18.2 Å². The number of carbonyl (C=O) groups excluding carboxylic acids is 1. The fourth-order valence-corrected chi connectivity index (χ4v) is 3.47. The maximum Gasteiger partial charge on any atom is 0.287 e. The Morgan fingerprint density at radius 1 is 1.19 bits per heavy atom. The van der Waals surface area contributed by atoms with Gasteiger partial charge in [0, 0.05) is 31.2 Å². The molecule has 2 aromatic rings. The third-order valence-corrected chi connectivity index (χ3v) is 5.05. The molecular weight excluding hydrogens is 352 g/mol. The van der Waals surface area contributed by atoms with Crippen LogP contribution in [0, 0.1) is 5.92 Å². The zero-order valence-electron chi connectivity index (χ0n) is 15.2. The van der Waals surface area contributed by atoms with Crippen molar-refractivity contribution in [2.75, 3.05) is 32.8 Å². The fraction of sp³-hybridized carbons (Fsp3) is 0.450. The molecule has 1 aliphatic heterocycles. The van der Waals surface area contributed by atoms with Crippen LogP contribution in [0.2, 0.25) is 5.02 Å². The minimum atomic E-state index is -0.206. The third kappa shape index (κ3) is 4.47. The SMILES string of the molecule is CC(C)[C@@H](CNC(=O)c1ccc(-c2ccccc2Cl)o1)N1CCOCC1. The molecule has 1 saturated heterocycles. The van der Waals surface area contributed by atoms with Gasteiger partial charge in [-0.15, -0.1) is 0 Å². The van der Waals surface area contributed by atoms with Crippen molar-refractivity contribution >= 4 is 17.5 Å². The van der Waals surface area contributed by atoms with Gasteiger partial charge in [-0.2, -0.15) is 0 Å². The molecule has 1 aromatic heterocycles. The molecule has 1 aliphatic rings. The van der Waals surface area contributed by atoms with E-state index in [4.69, 9.17) is 20.8 Å². The number of halogens is 1. The maximum atomic E-state index is 12.5. The first-order chi connectivity index (χ1) is 12.6. The number of ether oxygens (including phenoxy) is 1. The van der Waals surface area contributed by atoms with Gasteiger partial charge in [0.1, 0.15) is 5.76 Å². The Bertz CT molecular complexity index is 738. The highest BCUT2D eigenvalue weighted by atomic mass is 35.5. The first-order valence-corrected chi connectivity index (χ1v) is 9.39. The number of hydrogen-bond acceptors (Lipinski definition) is 4. The first-order valence-electron chi connectivity index (χ1n) is 9.01. The number of hydrogen-bond donors (Lipinski definition) is 1. The van der Waals surface area contributed by atoms with Gasteiger partial charge in [-0.25, -0.2) is 0 Å². The van der Waals surface area contributed by atoms with Gasteiger partial charge >= 0.3 is 0 Å². The molecule has 26 heavy (non-hydrogen) atoms. The largest absolute Gasteiger partial charge is 0.451 e. The second-order valence-corrected chi connectivity index (χ2v) is 7.22. The summed E-state index contributed by atoms with van der Waals surface area (Å²) in [5.74, 6) is 1.12. The molecule has 6 heteroatoms. The van der Waals surface area contributed by atoms with Crippen LogP contribution in [0.3, 0.4) is 0 Å². The molecule has 2 heterocycles. The zero-order chi connectivity index (χ0) is 18.5. The lowest BCUT2D eigenvalue weighted by molar-refractivity contribution is 0.00666. The van der Waals surface area contributed by atoms with E-state index in [2.05, 4.69) is 24.1 Å². The number of amides is 1. The average molecular weight is 377 g/mol. The molecule has 140 valence electrons. The highest BCUT2D eigenvalue weighted by Crippen LogP contribution is 2.29. The molecule has 1 aromatic carbocycles. The van der Waals surface area contributed by atoms with Crippen LogP contribution in [-0.2, 0) is 4.74 Å². The number of morpholine rings is 1. The molecule has 1 amide bonds. The van der Waals surface area contributed by atoms with Gasteiger partial charge in [-0.05, 0) is 30.2 Å². The fourth-order valence-electron chi connectivity index (χ4n) is 3.25. The quantitative estimate of drug-likeness (QED) is 0.835. The molecule has 1 fully saturated rings. The van der Waals surface area contributed by atoms with Crippen LogP contribution < -0.4 is 5.32 Å². The van der Waals surface area contributed by atoms with E-state index in [9.17, 15) is 4.79 Å². The summed E-state index contributed by atoms with van der Waals surface area (Å²) in [6.07, 6.45) is 0. The van der Waals surface area contributed by atoms with Gasteiger partial charge in [0.05, 0.1) is 18.2 Å². The van der Waals surface area contributed by atoms with Gasteiger partial charge in [-0.3, -0.25) is 9.69 Å². The number of nitrogens with zero attached hydrogens (tertiary/aromatic N) is 1. The van der Waals surface area contributed by atoms with Crippen LogP contribution in [0.15, 0.2) is 40.8 Å². The number of carbonyl (C=O) groups is 1. The average Bonchev–Trinajstić information content (AvgIpc) is 3.13. The molecule has 0 radical (unpaired) electrons. The Labute approximate surface area is 159 Å². The van der Waals surface area contributed by atoms with E-state index in [0.717, 1.165) is 31.9 Å². The van der Waals surface area contributed by atoms with Crippen LogP contribution in [0.5, 0.6) is 0 Å². The minimum Gasteiger partial charge on any atom is -0.451 e. The second-order valence-electron chi connectivity index (χ2n) is 6.81. The van der Waals surface area contributed by atoms with E-state index in [1.54, 1.807) is 18.2 Å². The molecule has 0 unspecified atom stereocenters. The van der Waals surface area contributed by atoms with Gasteiger partial charge in [0.15, 0.2) is 5.76 Å². The summed E-state index contributed by atoms with van der Waals surface area (Å²) in [5, 5.41) is 3.61. The van der Waals surface area contributed by atoms with E-state index in [-0.39, 0.29) is 11.9 Å². The van der Waals surface area contributed by atoms with Gasteiger partial charge in [0.25, 0.3) is 5.91 Å². The lowest BCUT2D eigenvalue weighted by Crippen LogP contribution is -2.51. The smallest absolute Gasteiger partial charge is 0.287 e. The molecule has 5 nitrogen and oxygen atoms in total. The van der Waals surface area contributed by atoms with Gasteiger partial charge < -0.3 is 14.5 Å². The second kappa shape index (κ2) is 8.71. The lowest BCUT2D eigenvalue weighted by Gasteiger charge is -2.36. The molecule has 1 N–H and O–H groups in total. The molecular formula is C20H25ClN2O3. The van der Waals surface area contributed by atoms with Crippen molar-refractivity contribution in [2.45, 2.75) is 19.9 Å². The number of furan rings is 1. The van der Waals surface area contributed by atoms with Crippen LogP contribution >= 0.6 is 11.6 Å².